The van der Waals surface area contributed by atoms with Crippen molar-refractivity contribution in [2.75, 3.05) is 11.9 Å². The Kier molecular flexibility index (Phi) is 5.14. The Labute approximate surface area is 151 Å². The Balaban J connectivity index is 1.68. The third kappa shape index (κ3) is 4.06. The zero-order chi connectivity index (χ0) is 17.8. The number of nitrogens with zero attached hydrogens (tertiary/aromatic N) is 1. The van der Waals surface area contributed by atoms with E-state index in [4.69, 9.17) is 4.74 Å². The van der Waals surface area contributed by atoms with E-state index in [1.807, 2.05) is 37.3 Å². The summed E-state index contributed by atoms with van der Waals surface area (Å²) in [5.41, 5.74) is 4.25. The van der Waals surface area contributed by atoms with Gasteiger partial charge in [-0.05, 0) is 61.7 Å². The largest absolute Gasteiger partial charge is 0.494 e. The van der Waals surface area contributed by atoms with E-state index in [0.29, 0.717) is 11.7 Å². The van der Waals surface area contributed by atoms with Crippen molar-refractivity contribution in [2.24, 2.45) is 0 Å². The highest BCUT2D eigenvalue weighted by Gasteiger charge is 2.09. The van der Waals surface area contributed by atoms with E-state index >= 15 is 0 Å². The van der Waals surface area contributed by atoms with Gasteiger partial charge in [0.05, 0.1) is 16.8 Å². The number of carbonyl (C=O) groups is 1. The minimum Gasteiger partial charge on any atom is -0.494 e. The van der Waals surface area contributed by atoms with Gasteiger partial charge in [-0.25, -0.2) is 4.98 Å². The number of rotatable bonds is 5. The number of benzene rings is 2. The zero-order valence-electron chi connectivity index (χ0n) is 14.5. The second-order valence-electron chi connectivity index (χ2n) is 5.70. The molecule has 0 aliphatic carbocycles. The molecular weight excluding hydrogens is 332 g/mol. The van der Waals surface area contributed by atoms with Gasteiger partial charge in [-0.15, -0.1) is 0 Å². The van der Waals surface area contributed by atoms with Gasteiger partial charge in [0.15, 0.2) is 5.13 Å². The van der Waals surface area contributed by atoms with Gasteiger partial charge in [-0.1, -0.05) is 29.5 Å². The van der Waals surface area contributed by atoms with E-state index in [1.165, 1.54) is 23.0 Å². The summed E-state index contributed by atoms with van der Waals surface area (Å²) in [5, 5.41) is 3.45. The summed E-state index contributed by atoms with van der Waals surface area (Å²) in [4.78, 5) is 16.7. The molecule has 1 N–H and O–H groups in total. The van der Waals surface area contributed by atoms with Crippen molar-refractivity contribution < 1.29 is 9.53 Å². The van der Waals surface area contributed by atoms with Gasteiger partial charge in [-0.3, -0.25) is 10.1 Å². The van der Waals surface area contributed by atoms with E-state index in [1.54, 1.807) is 6.08 Å². The van der Waals surface area contributed by atoms with E-state index in [9.17, 15) is 4.79 Å². The molecular formula is C20H20N2O2S. The molecule has 4 nitrogen and oxygen atoms in total. The van der Waals surface area contributed by atoms with Gasteiger partial charge in [0.2, 0.25) is 5.91 Å². The number of aryl methyl sites for hydroxylation is 2. The molecule has 2 aromatic carbocycles. The fourth-order valence-corrected chi connectivity index (χ4v) is 3.37. The monoisotopic (exact) mass is 352 g/mol. The first-order chi connectivity index (χ1) is 12.1. The lowest BCUT2D eigenvalue weighted by molar-refractivity contribution is -0.111. The second kappa shape index (κ2) is 7.49. The molecule has 0 fully saturated rings. The predicted molar refractivity (Wildman–Crippen MR) is 104 cm³/mol. The van der Waals surface area contributed by atoms with Crippen LogP contribution in [0.4, 0.5) is 5.13 Å². The van der Waals surface area contributed by atoms with Crippen molar-refractivity contribution >= 4 is 38.7 Å². The molecule has 0 atom stereocenters. The molecule has 128 valence electrons. The topological polar surface area (TPSA) is 51.2 Å². The number of hydrogen-bond acceptors (Lipinski definition) is 4. The summed E-state index contributed by atoms with van der Waals surface area (Å²) in [6.07, 6.45) is 3.29. The number of aromatic nitrogens is 1. The lowest BCUT2D eigenvalue weighted by Crippen LogP contribution is -2.07. The summed E-state index contributed by atoms with van der Waals surface area (Å²) in [5.74, 6) is 0.631. The van der Waals surface area contributed by atoms with Crippen LogP contribution in [-0.4, -0.2) is 17.5 Å². The van der Waals surface area contributed by atoms with Crippen LogP contribution < -0.4 is 10.1 Å². The number of amides is 1. The van der Waals surface area contributed by atoms with Crippen molar-refractivity contribution in [1.29, 1.82) is 0 Å². The van der Waals surface area contributed by atoms with E-state index in [-0.39, 0.29) is 5.91 Å². The molecule has 25 heavy (non-hydrogen) atoms. The third-order valence-corrected chi connectivity index (χ3v) is 4.87. The SMILES string of the molecule is CCOc1ccc(/C=C/C(=O)Nc2nc3c(C)c(C)ccc3s2)cc1. The van der Waals surface area contributed by atoms with Crippen molar-refractivity contribution in [3.63, 3.8) is 0 Å². The van der Waals surface area contributed by atoms with Crippen LogP contribution in [0.15, 0.2) is 42.5 Å². The molecule has 0 saturated carbocycles. The molecule has 0 spiro atoms. The predicted octanol–water partition coefficient (Wildman–Crippen LogP) is 4.96. The molecule has 3 aromatic rings. The lowest BCUT2D eigenvalue weighted by atomic mass is 10.1. The molecule has 3 rings (SSSR count). The highest BCUT2D eigenvalue weighted by atomic mass is 32.1. The van der Waals surface area contributed by atoms with Crippen LogP contribution in [0.5, 0.6) is 5.75 Å². The lowest BCUT2D eigenvalue weighted by Gasteiger charge is -2.02. The highest BCUT2D eigenvalue weighted by Crippen LogP contribution is 2.29. The molecule has 1 aromatic heterocycles. The standard InChI is InChI=1S/C20H20N2O2S/c1-4-24-16-9-6-15(7-10-16)8-12-18(23)21-20-22-19-14(3)13(2)5-11-17(19)25-20/h5-12H,4H2,1-3H3,(H,21,22,23)/b12-8+. The maximum absolute atomic E-state index is 12.1. The Morgan fingerprint density at radius 2 is 1.96 bits per heavy atom. The van der Waals surface area contributed by atoms with Crippen LogP contribution in [0.25, 0.3) is 16.3 Å². The molecule has 0 saturated heterocycles. The molecule has 1 amide bonds. The van der Waals surface area contributed by atoms with Gasteiger partial charge in [0.25, 0.3) is 0 Å². The minimum atomic E-state index is -0.192. The maximum Gasteiger partial charge on any atom is 0.250 e. The van der Waals surface area contributed by atoms with Crippen LogP contribution >= 0.6 is 11.3 Å². The number of fused-ring (bicyclic) bond motifs is 1. The Morgan fingerprint density at radius 3 is 2.68 bits per heavy atom. The number of ether oxygens (including phenoxy) is 1. The van der Waals surface area contributed by atoms with E-state index in [0.717, 1.165) is 27.1 Å². The average Bonchev–Trinajstić information content (AvgIpc) is 3.01. The zero-order valence-corrected chi connectivity index (χ0v) is 15.3. The van der Waals surface area contributed by atoms with Crippen molar-refractivity contribution in [1.82, 2.24) is 4.98 Å². The Bertz CT molecular complexity index is 927. The van der Waals surface area contributed by atoms with Crippen molar-refractivity contribution in [2.45, 2.75) is 20.8 Å². The molecule has 1 heterocycles. The van der Waals surface area contributed by atoms with Crippen LogP contribution in [0.1, 0.15) is 23.6 Å². The number of anilines is 1. The number of carbonyl (C=O) groups excluding carboxylic acids is 1. The van der Waals surface area contributed by atoms with Gasteiger partial charge in [-0.2, -0.15) is 0 Å². The Hall–Kier alpha value is -2.66. The summed E-state index contributed by atoms with van der Waals surface area (Å²) in [7, 11) is 0. The quantitative estimate of drug-likeness (QED) is 0.660. The number of hydrogen-bond donors (Lipinski definition) is 1. The van der Waals surface area contributed by atoms with Crippen molar-refractivity contribution in [3.8, 4) is 5.75 Å². The van der Waals surface area contributed by atoms with E-state index in [2.05, 4.69) is 30.2 Å². The van der Waals surface area contributed by atoms with Crippen LogP contribution in [0, 0.1) is 13.8 Å². The van der Waals surface area contributed by atoms with Gasteiger partial charge >= 0.3 is 0 Å². The Morgan fingerprint density at radius 1 is 1.20 bits per heavy atom. The molecule has 0 bridgehead atoms. The van der Waals surface area contributed by atoms with Crippen LogP contribution in [0.3, 0.4) is 0 Å². The fraction of sp³-hybridized carbons (Fsp3) is 0.200. The summed E-state index contributed by atoms with van der Waals surface area (Å²) in [6.45, 7) is 6.70. The molecule has 0 unspecified atom stereocenters. The number of thiazole rings is 1. The van der Waals surface area contributed by atoms with E-state index < -0.39 is 0 Å². The van der Waals surface area contributed by atoms with Gasteiger partial charge in [0.1, 0.15) is 5.75 Å². The summed E-state index contributed by atoms with van der Waals surface area (Å²) < 4.78 is 6.48. The third-order valence-electron chi connectivity index (χ3n) is 3.93. The first-order valence-electron chi connectivity index (χ1n) is 8.15. The van der Waals surface area contributed by atoms with Crippen LogP contribution in [0.2, 0.25) is 0 Å². The summed E-state index contributed by atoms with van der Waals surface area (Å²) >= 11 is 1.48. The average molecular weight is 352 g/mol. The molecule has 0 radical (unpaired) electrons. The van der Waals surface area contributed by atoms with Gasteiger partial charge < -0.3 is 4.74 Å². The number of nitrogens with one attached hydrogen (secondary N) is 1. The minimum absolute atomic E-state index is 0.192. The molecule has 0 aliphatic rings. The normalized spacial score (nSPS) is 11.2. The first kappa shape index (κ1) is 17.2. The highest BCUT2D eigenvalue weighted by molar-refractivity contribution is 7.22. The fourth-order valence-electron chi connectivity index (χ4n) is 2.44. The van der Waals surface area contributed by atoms with Crippen molar-refractivity contribution in [3.05, 3.63) is 59.2 Å². The first-order valence-corrected chi connectivity index (χ1v) is 8.97. The molecule has 0 aliphatic heterocycles. The van der Waals surface area contributed by atoms with Gasteiger partial charge in [0, 0.05) is 6.08 Å². The van der Waals surface area contributed by atoms with Crippen LogP contribution in [-0.2, 0) is 4.79 Å². The maximum atomic E-state index is 12.1. The molecule has 5 heteroatoms. The summed E-state index contributed by atoms with van der Waals surface area (Å²) in [6, 6.07) is 11.7. The smallest absolute Gasteiger partial charge is 0.250 e. The second-order valence-corrected chi connectivity index (χ2v) is 6.73.